The molecule has 0 fully saturated rings. The molecule has 24 heavy (non-hydrogen) atoms. The molecule has 0 radical (unpaired) electrons. The van der Waals surface area contributed by atoms with Crippen molar-refractivity contribution in [2.45, 2.75) is 13.3 Å². The quantitative estimate of drug-likeness (QED) is 0.668. The molecule has 2 heterocycles. The Morgan fingerprint density at radius 1 is 1.21 bits per heavy atom. The van der Waals surface area contributed by atoms with E-state index in [4.69, 9.17) is 9.47 Å². The normalized spacial score (nSPS) is 11.3. The standard InChI is InChI=1S/C17H17N3O3S/c1-4-14-8-15-16(24-14)18-10-20(17(15)21)19-9-11-5-12(22-2)7-13(6-11)23-3/h5-10H,4H2,1-3H3/b19-9-. The van der Waals surface area contributed by atoms with Gasteiger partial charge in [-0.2, -0.15) is 9.78 Å². The van der Waals surface area contributed by atoms with Crippen LogP contribution in [0, 0.1) is 0 Å². The summed E-state index contributed by atoms with van der Waals surface area (Å²) in [7, 11) is 3.17. The van der Waals surface area contributed by atoms with Crippen molar-refractivity contribution in [2.24, 2.45) is 5.10 Å². The molecule has 0 atom stereocenters. The molecule has 0 aliphatic rings. The van der Waals surface area contributed by atoms with Crippen LogP contribution in [0.15, 0.2) is 40.5 Å². The number of aryl methyl sites for hydroxylation is 1. The lowest BCUT2D eigenvalue weighted by Gasteiger charge is -2.05. The number of hydrogen-bond donors (Lipinski definition) is 0. The zero-order valence-electron chi connectivity index (χ0n) is 13.6. The Labute approximate surface area is 143 Å². The van der Waals surface area contributed by atoms with Gasteiger partial charge >= 0.3 is 0 Å². The summed E-state index contributed by atoms with van der Waals surface area (Å²) in [5.41, 5.74) is 0.583. The largest absolute Gasteiger partial charge is 0.497 e. The lowest BCUT2D eigenvalue weighted by atomic mass is 10.2. The van der Waals surface area contributed by atoms with Crippen LogP contribution in [0.3, 0.4) is 0 Å². The monoisotopic (exact) mass is 343 g/mol. The number of fused-ring (bicyclic) bond motifs is 1. The third-order valence-electron chi connectivity index (χ3n) is 3.54. The maximum atomic E-state index is 12.5. The second-order valence-corrected chi connectivity index (χ2v) is 6.19. The van der Waals surface area contributed by atoms with Crippen molar-refractivity contribution < 1.29 is 9.47 Å². The van der Waals surface area contributed by atoms with Crippen LogP contribution < -0.4 is 15.0 Å². The molecule has 7 heteroatoms. The van der Waals surface area contributed by atoms with Crippen LogP contribution in [-0.4, -0.2) is 30.1 Å². The van der Waals surface area contributed by atoms with E-state index in [-0.39, 0.29) is 5.56 Å². The van der Waals surface area contributed by atoms with Gasteiger partial charge in [-0.25, -0.2) is 4.98 Å². The molecule has 2 aromatic heterocycles. The van der Waals surface area contributed by atoms with E-state index in [1.807, 2.05) is 18.2 Å². The van der Waals surface area contributed by atoms with E-state index in [1.165, 1.54) is 22.3 Å². The van der Waals surface area contributed by atoms with E-state index in [2.05, 4.69) is 17.0 Å². The Kier molecular flexibility index (Phi) is 4.61. The van der Waals surface area contributed by atoms with Gasteiger partial charge in [0.1, 0.15) is 22.7 Å². The summed E-state index contributed by atoms with van der Waals surface area (Å²) >= 11 is 1.54. The summed E-state index contributed by atoms with van der Waals surface area (Å²) in [6.07, 6.45) is 3.90. The summed E-state index contributed by atoms with van der Waals surface area (Å²) < 4.78 is 11.7. The van der Waals surface area contributed by atoms with Gasteiger partial charge in [0, 0.05) is 16.5 Å². The van der Waals surface area contributed by atoms with Crippen LogP contribution in [0.4, 0.5) is 0 Å². The van der Waals surface area contributed by atoms with Crippen LogP contribution in [0.5, 0.6) is 11.5 Å². The van der Waals surface area contributed by atoms with Gasteiger partial charge in [-0.3, -0.25) is 4.79 Å². The average molecular weight is 343 g/mol. The predicted molar refractivity (Wildman–Crippen MR) is 95.8 cm³/mol. The molecule has 1 aromatic carbocycles. The van der Waals surface area contributed by atoms with Gasteiger partial charge < -0.3 is 9.47 Å². The Morgan fingerprint density at radius 3 is 2.54 bits per heavy atom. The lowest BCUT2D eigenvalue weighted by molar-refractivity contribution is 0.394. The molecule has 0 spiro atoms. The zero-order chi connectivity index (χ0) is 17.1. The highest BCUT2D eigenvalue weighted by Crippen LogP contribution is 2.22. The molecular formula is C17H17N3O3S. The highest BCUT2D eigenvalue weighted by Gasteiger charge is 2.07. The molecule has 6 nitrogen and oxygen atoms in total. The van der Waals surface area contributed by atoms with E-state index in [9.17, 15) is 4.79 Å². The van der Waals surface area contributed by atoms with Gasteiger partial charge in [-0.1, -0.05) is 6.92 Å². The Morgan fingerprint density at radius 2 is 1.92 bits per heavy atom. The van der Waals surface area contributed by atoms with E-state index < -0.39 is 0 Å². The molecular weight excluding hydrogens is 326 g/mol. The van der Waals surface area contributed by atoms with Crippen LogP contribution in [0.1, 0.15) is 17.4 Å². The minimum Gasteiger partial charge on any atom is -0.497 e. The summed E-state index contributed by atoms with van der Waals surface area (Å²) in [5, 5.41) is 4.82. The number of methoxy groups -OCH3 is 2. The summed E-state index contributed by atoms with van der Waals surface area (Å²) in [6.45, 7) is 2.05. The van der Waals surface area contributed by atoms with Crippen molar-refractivity contribution in [3.05, 3.63) is 51.4 Å². The topological polar surface area (TPSA) is 65.7 Å². The van der Waals surface area contributed by atoms with Gasteiger partial charge in [0.15, 0.2) is 0 Å². The van der Waals surface area contributed by atoms with Crippen molar-refractivity contribution in [1.82, 2.24) is 9.66 Å². The number of hydrogen-bond acceptors (Lipinski definition) is 6. The fraction of sp³-hybridized carbons (Fsp3) is 0.235. The molecule has 3 rings (SSSR count). The van der Waals surface area contributed by atoms with E-state index in [0.717, 1.165) is 21.7 Å². The third-order valence-corrected chi connectivity index (χ3v) is 4.73. The molecule has 3 aromatic rings. The van der Waals surface area contributed by atoms with Gasteiger partial charge in [0.25, 0.3) is 5.56 Å². The van der Waals surface area contributed by atoms with Crippen LogP contribution in [0.25, 0.3) is 10.2 Å². The lowest BCUT2D eigenvalue weighted by Crippen LogP contribution is -2.16. The second kappa shape index (κ2) is 6.84. The Hall–Kier alpha value is -2.67. The number of benzene rings is 1. The molecule has 0 unspecified atom stereocenters. The van der Waals surface area contributed by atoms with Crippen molar-refractivity contribution in [3.8, 4) is 11.5 Å². The second-order valence-electron chi connectivity index (χ2n) is 5.07. The molecule has 0 bridgehead atoms. The van der Waals surface area contributed by atoms with E-state index >= 15 is 0 Å². The number of ether oxygens (including phenoxy) is 2. The van der Waals surface area contributed by atoms with Crippen molar-refractivity contribution in [2.75, 3.05) is 14.2 Å². The van der Waals surface area contributed by atoms with Crippen molar-refractivity contribution in [3.63, 3.8) is 0 Å². The summed E-state index contributed by atoms with van der Waals surface area (Å²) in [4.78, 5) is 18.7. The van der Waals surface area contributed by atoms with Gasteiger partial charge in [-0.05, 0) is 24.6 Å². The molecule has 124 valence electrons. The fourth-order valence-electron chi connectivity index (χ4n) is 2.25. The third kappa shape index (κ3) is 3.16. The first kappa shape index (κ1) is 16.2. The summed E-state index contributed by atoms with van der Waals surface area (Å²) in [6, 6.07) is 7.27. The van der Waals surface area contributed by atoms with E-state index in [0.29, 0.717) is 16.9 Å². The van der Waals surface area contributed by atoms with E-state index in [1.54, 1.807) is 26.5 Å². The Balaban J connectivity index is 1.98. The predicted octanol–water partition coefficient (Wildman–Crippen LogP) is 2.92. The number of thiophene rings is 1. The first-order chi connectivity index (χ1) is 11.6. The van der Waals surface area contributed by atoms with Gasteiger partial charge in [-0.15, -0.1) is 11.3 Å². The molecule has 0 N–H and O–H groups in total. The number of aromatic nitrogens is 2. The zero-order valence-corrected chi connectivity index (χ0v) is 14.5. The Bertz CT molecular complexity index is 937. The maximum absolute atomic E-state index is 12.5. The molecule has 0 saturated carbocycles. The van der Waals surface area contributed by atoms with Crippen LogP contribution >= 0.6 is 11.3 Å². The SMILES string of the molecule is CCc1cc2c(=O)n(/N=C\c3cc(OC)cc(OC)c3)cnc2s1. The minimum absolute atomic E-state index is 0.179. The van der Waals surface area contributed by atoms with Crippen molar-refractivity contribution in [1.29, 1.82) is 0 Å². The molecule has 0 aliphatic heterocycles. The molecule has 0 aliphatic carbocycles. The highest BCUT2D eigenvalue weighted by atomic mass is 32.1. The molecule has 0 saturated heterocycles. The van der Waals surface area contributed by atoms with Gasteiger partial charge in [0.2, 0.25) is 0 Å². The fourth-order valence-corrected chi connectivity index (χ4v) is 3.18. The highest BCUT2D eigenvalue weighted by molar-refractivity contribution is 7.18. The minimum atomic E-state index is -0.179. The van der Waals surface area contributed by atoms with Crippen LogP contribution in [-0.2, 0) is 6.42 Å². The average Bonchev–Trinajstić information content (AvgIpc) is 3.05. The van der Waals surface area contributed by atoms with Crippen LogP contribution in [0.2, 0.25) is 0 Å². The number of rotatable bonds is 5. The smallest absolute Gasteiger partial charge is 0.282 e. The summed E-state index contributed by atoms with van der Waals surface area (Å²) in [5.74, 6) is 1.31. The first-order valence-electron chi connectivity index (χ1n) is 7.42. The first-order valence-corrected chi connectivity index (χ1v) is 8.23. The number of nitrogens with zero attached hydrogens (tertiary/aromatic N) is 3. The van der Waals surface area contributed by atoms with Gasteiger partial charge in [0.05, 0.1) is 25.8 Å². The maximum Gasteiger partial charge on any atom is 0.282 e. The van der Waals surface area contributed by atoms with Crippen molar-refractivity contribution >= 4 is 27.8 Å². The molecule has 0 amide bonds.